The number of rotatable bonds is 10. The summed E-state index contributed by atoms with van der Waals surface area (Å²) in [4.78, 5) is 34.2. The van der Waals surface area contributed by atoms with Crippen molar-refractivity contribution >= 4 is 17.8 Å². The monoisotopic (exact) mass is 338 g/mol. The fourth-order valence-electron chi connectivity index (χ4n) is 1.98. The molecule has 0 bridgehead atoms. The zero-order valence-corrected chi connectivity index (χ0v) is 13.7. The molecular weight excluding hydrogens is 316 g/mol. The van der Waals surface area contributed by atoms with Crippen LogP contribution < -0.4 is 20.5 Å². The number of carboxylic acid groups (broad SMARTS) is 1. The Morgan fingerprint density at radius 3 is 2.54 bits per heavy atom. The third-order valence-corrected chi connectivity index (χ3v) is 3.25. The summed E-state index contributed by atoms with van der Waals surface area (Å²) in [5.74, 6) is -1.75. The molecule has 4 N–H and O–H groups in total. The number of carbonyl (C=O) groups excluding carboxylic acids is 2. The summed E-state index contributed by atoms with van der Waals surface area (Å²) >= 11 is 0. The summed E-state index contributed by atoms with van der Waals surface area (Å²) in [5.41, 5.74) is 5.23. The van der Waals surface area contributed by atoms with E-state index in [1.807, 2.05) is 6.92 Å². The second-order valence-electron chi connectivity index (χ2n) is 5.13. The van der Waals surface area contributed by atoms with Crippen LogP contribution in [0, 0.1) is 0 Å². The molecule has 0 fully saturated rings. The predicted molar refractivity (Wildman–Crippen MR) is 86.1 cm³/mol. The number of nitrogens with two attached hydrogens (primary N) is 1. The summed E-state index contributed by atoms with van der Waals surface area (Å²) in [6, 6.07) is 3.37. The van der Waals surface area contributed by atoms with E-state index >= 15 is 0 Å². The molecule has 1 aromatic carbocycles. The Kier molecular flexibility index (Phi) is 7.54. The van der Waals surface area contributed by atoms with E-state index in [2.05, 4.69) is 5.32 Å². The van der Waals surface area contributed by atoms with Crippen molar-refractivity contribution in [2.75, 3.05) is 13.7 Å². The maximum absolute atomic E-state index is 12.2. The van der Waals surface area contributed by atoms with Crippen molar-refractivity contribution in [2.24, 2.45) is 5.73 Å². The molecule has 0 aromatic heterocycles. The highest BCUT2D eigenvalue weighted by Gasteiger charge is 2.21. The number of unbranched alkanes of at least 4 members (excludes halogenated alkanes) is 1. The van der Waals surface area contributed by atoms with Crippen LogP contribution in [0.3, 0.4) is 0 Å². The molecule has 8 nitrogen and oxygen atoms in total. The first kappa shape index (κ1) is 19.3. The van der Waals surface area contributed by atoms with Crippen LogP contribution >= 0.6 is 0 Å². The van der Waals surface area contributed by atoms with Gasteiger partial charge in [0.25, 0.3) is 11.8 Å². The topological polar surface area (TPSA) is 128 Å². The highest BCUT2D eigenvalue weighted by molar-refractivity contribution is 5.97. The van der Waals surface area contributed by atoms with Gasteiger partial charge in [-0.15, -0.1) is 0 Å². The molecule has 1 aromatic rings. The van der Waals surface area contributed by atoms with Gasteiger partial charge in [-0.3, -0.25) is 9.59 Å². The number of nitrogens with one attached hydrogen (secondary N) is 1. The van der Waals surface area contributed by atoms with Gasteiger partial charge >= 0.3 is 5.97 Å². The largest absolute Gasteiger partial charge is 0.493 e. The summed E-state index contributed by atoms with van der Waals surface area (Å²) in [6.07, 6.45) is 1.88. The van der Waals surface area contributed by atoms with Crippen LogP contribution in [0.2, 0.25) is 0 Å². The molecule has 0 saturated heterocycles. The number of amides is 2. The van der Waals surface area contributed by atoms with E-state index in [0.29, 0.717) is 12.8 Å². The molecule has 1 rings (SSSR count). The van der Waals surface area contributed by atoms with Crippen molar-refractivity contribution in [2.45, 2.75) is 32.2 Å². The van der Waals surface area contributed by atoms with Crippen LogP contribution in [0.4, 0.5) is 0 Å². The number of primary amides is 1. The van der Waals surface area contributed by atoms with E-state index in [-0.39, 0.29) is 23.7 Å². The van der Waals surface area contributed by atoms with Gasteiger partial charge in [0.15, 0.2) is 18.1 Å². The van der Waals surface area contributed by atoms with Gasteiger partial charge in [0, 0.05) is 5.56 Å². The van der Waals surface area contributed by atoms with Crippen molar-refractivity contribution in [1.82, 2.24) is 5.32 Å². The van der Waals surface area contributed by atoms with Gasteiger partial charge in [0.2, 0.25) is 0 Å². The number of hydrogen-bond acceptors (Lipinski definition) is 5. The number of hydrogen-bond donors (Lipinski definition) is 3. The Labute approximate surface area is 139 Å². The zero-order valence-electron chi connectivity index (χ0n) is 13.7. The van der Waals surface area contributed by atoms with E-state index in [1.165, 1.54) is 25.3 Å². The lowest BCUT2D eigenvalue weighted by Crippen LogP contribution is -2.40. The van der Waals surface area contributed by atoms with E-state index in [0.717, 1.165) is 6.42 Å². The molecule has 0 heterocycles. The van der Waals surface area contributed by atoms with Crippen LogP contribution in [0.15, 0.2) is 18.2 Å². The molecule has 8 heteroatoms. The molecular formula is C16H22N2O6. The lowest BCUT2D eigenvalue weighted by molar-refractivity contribution is -0.139. The van der Waals surface area contributed by atoms with Crippen LogP contribution in [0.25, 0.3) is 0 Å². The van der Waals surface area contributed by atoms with Gasteiger partial charge in [-0.1, -0.05) is 19.8 Å². The second kappa shape index (κ2) is 9.39. The Morgan fingerprint density at radius 1 is 1.29 bits per heavy atom. The minimum atomic E-state index is -1.08. The normalized spacial score (nSPS) is 11.4. The van der Waals surface area contributed by atoms with E-state index in [4.69, 9.17) is 20.3 Å². The highest BCUT2D eigenvalue weighted by atomic mass is 16.5. The van der Waals surface area contributed by atoms with Crippen molar-refractivity contribution in [3.63, 3.8) is 0 Å². The molecule has 0 aliphatic heterocycles. The Hall–Kier alpha value is -2.77. The Morgan fingerprint density at radius 2 is 2.00 bits per heavy atom. The molecule has 1 unspecified atom stereocenters. The van der Waals surface area contributed by atoms with Gasteiger partial charge in [-0.2, -0.15) is 0 Å². The minimum absolute atomic E-state index is 0.223. The van der Waals surface area contributed by atoms with Gasteiger partial charge in [0.05, 0.1) is 7.11 Å². The third kappa shape index (κ3) is 5.79. The average Bonchev–Trinajstić information content (AvgIpc) is 2.55. The van der Waals surface area contributed by atoms with Gasteiger partial charge < -0.3 is 25.6 Å². The molecule has 0 aliphatic carbocycles. The predicted octanol–water partition coefficient (Wildman–Crippen LogP) is 0.932. The van der Waals surface area contributed by atoms with E-state index in [9.17, 15) is 14.4 Å². The van der Waals surface area contributed by atoms with Gasteiger partial charge in [-0.25, -0.2) is 4.79 Å². The fraction of sp³-hybridized carbons (Fsp3) is 0.438. The number of carboxylic acids is 1. The first-order valence-electron chi connectivity index (χ1n) is 7.51. The second-order valence-corrected chi connectivity index (χ2v) is 5.13. The average molecular weight is 338 g/mol. The molecule has 0 spiro atoms. The SMILES string of the molecule is CCCCC(NC(=O)c1ccc(OCC(N)=O)c(OC)c1)C(=O)O. The number of aliphatic carboxylic acids is 1. The minimum Gasteiger partial charge on any atom is -0.493 e. The van der Waals surface area contributed by atoms with Gasteiger partial charge in [0.1, 0.15) is 6.04 Å². The summed E-state index contributed by atoms with van der Waals surface area (Å²) in [5, 5.41) is 11.6. The van der Waals surface area contributed by atoms with Crippen molar-refractivity contribution in [3.8, 4) is 11.5 Å². The van der Waals surface area contributed by atoms with E-state index in [1.54, 1.807) is 0 Å². The first-order chi connectivity index (χ1) is 11.4. The smallest absolute Gasteiger partial charge is 0.326 e. The fourth-order valence-corrected chi connectivity index (χ4v) is 1.98. The lowest BCUT2D eigenvalue weighted by atomic mass is 10.1. The third-order valence-electron chi connectivity index (χ3n) is 3.25. The van der Waals surface area contributed by atoms with Crippen molar-refractivity contribution < 1.29 is 29.0 Å². The molecule has 0 radical (unpaired) electrons. The number of carbonyl (C=O) groups is 3. The van der Waals surface area contributed by atoms with Crippen LogP contribution in [0.5, 0.6) is 11.5 Å². The van der Waals surface area contributed by atoms with Crippen LogP contribution in [0.1, 0.15) is 36.5 Å². The molecule has 1 atom stereocenters. The van der Waals surface area contributed by atoms with Crippen LogP contribution in [-0.2, 0) is 9.59 Å². The van der Waals surface area contributed by atoms with E-state index < -0.39 is 23.8 Å². The number of ether oxygens (including phenoxy) is 2. The van der Waals surface area contributed by atoms with Crippen molar-refractivity contribution in [3.05, 3.63) is 23.8 Å². The molecule has 0 aliphatic rings. The highest BCUT2D eigenvalue weighted by Crippen LogP contribution is 2.28. The zero-order chi connectivity index (χ0) is 18.1. The number of benzene rings is 1. The molecule has 24 heavy (non-hydrogen) atoms. The molecule has 2 amide bonds. The number of methoxy groups -OCH3 is 1. The van der Waals surface area contributed by atoms with Crippen LogP contribution in [-0.4, -0.2) is 42.6 Å². The molecule has 0 saturated carbocycles. The first-order valence-corrected chi connectivity index (χ1v) is 7.51. The maximum atomic E-state index is 12.2. The Bertz CT molecular complexity index is 602. The summed E-state index contributed by atoms with van der Waals surface area (Å²) in [6.45, 7) is 1.62. The lowest BCUT2D eigenvalue weighted by Gasteiger charge is -2.15. The Balaban J connectivity index is 2.86. The van der Waals surface area contributed by atoms with Gasteiger partial charge in [-0.05, 0) is 24.6 Å². The standard InChI is InChI=1S/C16H22N2O6/c1-3-4-5-11(16(21)22)18-15(20)10-6-7-12(13(8-10)23-2)24-9-14(17)19/h6-8,11H,3-5,9H2,1-2H3,(H2,17,19)(H,18,20)(H,21,22). The summed E-state index contributed by atoms with van der Waals surface area (Å²) < 4.78 is 10.3. The molecule has 132 valence electrons. The summed E-state index contributed by atoms with van der Waals surface area (Å²) in [7, 11) is 1.38. The van der Waals surface area contributed by atoms with Crippen molar-refractivity contribution in [1.29, 1.82) is 0 Å². The maximum Gasteiger partial charge on any atom is 0.326 e. The quantitative estimate of drug-likeness (QED) is 0.582.